The van der Waals surface area contributed by atoms with Crippen molar-refractivity contribution in [3.8, 4) is 0 Å². The lowest BCUT2D eigenvalue weighted by Gasteiger charge is -1.79. The number of H-pyrrole nitrogens is 1. The van der Waals surface area contributed by atoms with Gasteiger partial charge in [-0.2, -0.15) is 0 Å². The lowest BCUT2D eigenvalue weighted by atomic mass is 10.4. The molecule has 0 aliphatic carbocycles. The second kappa shape index (κ2) is 2.21. The molecule has 1 radical (unpaired) electrons. The number of aromatic amines is 1. The highest BCUT2D eigenvalue weighted by molar-refractivity contribution is 5.68. The molecule has 0 aromatic carbocycles. The Morgan fingerprint density at radius 1 is 1.67 bits per heavy atom. The van der Waals surface area contributed by atoms with Gasteiger partial charge < -0.3 is 0 Å². The van der Waals surface area contributed by atoms with Gasteiger partial charge in [-0.3, -0.25) is 0 Å². The zero-order valence-corrected chi connectivity index (χ0v) is 4.37. The molecule has 1 heterocycles. The molecule has 0 aliphatic rings. The first-order chi connectivity index (χ1) is 4.29. The van der Waals surface area contributed by atoms with Crippen molar-refractivity contribution in [2.45, 2.75) is 6.42 Å². The van der Waals surface area contributed by atoms with Gasteiger partial charge >= 0.3 is 5.97 Å². The smallest absolute Gasteiger partial charge is 0.247 e. The highest BCUT2D eigenvalue weighted by Crippen LogP contribution is 1.83. The van der Waals surface area contributed by atoms with E-state index in [4.69, 9.17) is 0 Å². The van der Waals surface area contributed by atoms with E-state index < -0.39 is 5.97 Å². The van der Waals surface area contributed by atoms with Crippen LogP contribution in [0.2, 0.25) is 0 Å². The summed E-state index contributed by atoms with van der Waals surface area (Å²) in [5.74, 6) is -0.997. The van der Waals surface area contributed by atoms with Crippen LogP contribution in [0.3, 0.4) is 0 Å². The largest absolute Gasteiger partial charge is 0.363 e. The zero-order valence-electron chi connectivity index (χ0n) is 4.37. The molecule has 0 saturated heterocycles. The van der Waals surface area contributed by atoms with E-state index in [1.807, 2.05) is 0 Å². The minimum atomic E-state index is -1.20. The maximum Gasteiger partial charge on any atom is 0.363 e. The van der Waals surface area contributed by atoms with Gasteiger partial charge in [-0.15, -0.1) is 5.10 Å². The number of rotatable bonds is 2. The molecule has 9 heavy (non-hydrogen) atoms. The fraction of sp³-hybridized carbons (Fsp3) is 0.333. The lowest BCUT2D eigenvalue weighted by molar-refractivity contribution is -0.142. The fourth-order valence-corrected chi connectivity index (χ4v) is 0.390. The SMILES string of the molecule is [O]C(=O)Cc1nnn[nH]1. The van der Waals surface area contributed by atoms with Crippen molar-refractivity contribution in [3.63, 3.8) is 0 Å². The summed E-state index contributed by atoms with van der Waals surface area (Å²) in [4.78, 5) is 9.84. The molecule has 6 nitrogen and oxygen atoms in total. The second-order valence-corrected chi connectivity index (χ2v) is 1.40. The number of carbonyl (C=O) groups is 1. The number of nitrogens with zero attached hydrogens (tertiary/aromatic N) is 3. The van der Waals surface area contributed by atoms with Gasteiger partial charge in [0.05, 0.1) is 0 Å². The molecule has 0 fully saturated rings. The van der Waals surface area contributed by atoms with Crippen LogP contribution in [-0.4, -0.2) is 26.6 Å². The molecule has 1 aromatic rings. The molecule has 0 saturated carbocycles. The van der Waals surface area contributed by atoms with E-state index in [0.29, 0.717) is 0 Å². The van der Waals surface area contributed by atoms with Crippen LogP contribution in [0.4, 0.5) is 0 Å². The molecule has 0 spiro atoms. The molecule has 1 N–H and O–H groups in total. The van der Waals surface area contributed by atoms with E-state index in [1.165, 1.54) is 0 Å². The molecule has 0 aliphatic heterocycles. The standard InChI is InChI=1S/C3H3N4O2/c8-3(9)1-2-4-6-7-5-2/h1H2,(H,4,5,6,7). The van der Waals surface area contributed by atoms with Crippen LogP contribution in [0.5, 0.6) is 0 Å². The summed E-state index contributed by atoms with van der Waals surface area (Å²) in [6.07, 6.45) is -0.271. The molecule has 6 heteroatoms. The lowest BCUT2D eigenvalue weighted by Crippen LogP contribution is -1.99. The zero-order chi connectivity index (χ0) is 6.69. The van der Waals surface area contributed by atoms with Crippen molar-refractivity contribution < 1.29 is 9.90 Å². The molecule has 1 aromatic heterocycles. The summed E-state index contributed by atoms with van der Waals surface area (Å²) < 4.78 is 0. The van der Waals surface area contributed by atoms with Gasteiger partial charge in [0.25, 0.3) is 0 Å². The van der Waals surface area contributed by atoms with Crippen molar-refractivity contribution in [1.29, 1.82) is 0 Å². The molecule has 0 bridgehead atoms. The van der Waals surface area contributed by atoms with Crippen molar-refractivity contribution >= 4 is 5.97 Å². The third kappa shape index (κ3) is 1.48. The quantitative estimate of drug-likeness (QED) is 0.534. The third-order valence-electron chi connectivity index (χ3n) is 0.701. The van der Waals surface area contributed by atoms with Crippen molar-refractivity contribution in [2.24, 2.45) is 0 Å². The van der Waals surface area contributed by atoms with Crippen LogP contribution in [0.1, 0.15) is 5.82 Å². The number of carbonyl (C=O) groups excluding carboxylic acids is 1. The van der Waals surface area contributed by atoms with Crippen molar-refractivity contribution in [1.82, 2.24) is 20.6 Å². The highest BCUT2D eigenvalue weighted by Gasteiger charge is 2.04. The van der Waals surface area contributed by atoms with Gasteiger partial charge in [-0.05, 0) is 10.4 Å². The first-order valence-corrected chi connectivity index (χ1v) is 2.21. The Kier molecular flexibility index (Phi) is 1.39. The Morgan fingerprint density at radius 3 is 2.89 bits per heavy atom. The van der Waals surface area contributed by atoms with Crippen molar-refractivity contribution in [3.05, 3.63) is 5.82 Å². The van der Waals surface area contributed by atoms with Crippen LogP contribution in [0.25, 0.3) is 0 Å². The van der Waals surface area contributed by atoms with E-state index in [2.05, 4.69) is 20.6 Å². The van der Waals surface area contributed by atoms with Gasteiger partial charge in [0.2, 0.25) is 0 Å². The van der Waals surface area contributed by atoms with E-state index in [-0.39, 0.29) is 12.2 Å². The molecule has 0 atom stereocenters. The summed E-state index contributed by atoms with van der Waals surface area (Å²) >= 11 is 0. The Morgan fingerprint density at radius 2 is 2.44 bits per heavy atom. The maximum absolute atomic E-state index is 9.84. The van der Waals surface area contributed by atoms with Crippen molar-refractivity contribution in [2.75, 3.05) is 0 Å². The Hall–Kier alpha value is -1.46. The Labute approximate surface area is 49.9 Å². The minimum absolute atomic E-state index is 0.204. The number of tetrazole rings is 1. The molecular weight excluding hydrogens is 124 g/mol. The minimum Gasteiger partial charge on any atom is -0.247 e. The fourth-order valence-electron chi connectivity index (χ4n) is 0.390. The van der Waals surface area contributed by atoms with Gasteiger partial charge in [-0.25, -0.2) is 15.0 Å². The van der Waals surface area contributed by atoms with Gasteiger partial charge in [-0.1, -0.05) is 0 Å². The highest BCUT2D eigenvalue weighted by atomic mass is 16.4. The number of hydrogen-bond donors (Lipinski definition) is 1. The van der Waals surface area contributed by atoms with Crippen LogP contribution in [0.15, 0.2) is 0 Å². The van der Waals surface area contributed by atoms with Gasteiger partial charge in [0.15, 0.2) is 5.82 Å². The number of hydrogen-bond acceptors (Lipinski definition) is 4. The first-order valence-electron chi connectivity index (χ1n) is 2.21. The molecule has 0 unspecified atom stereocenters. The summed E-state index contributed by atoms with van der Waals surface area (Å²) in [5.41, 5.74) is 0. The predicted octanol–water partition coefficient (Wildman–Crippen LogP) is -1.30. The van der Waals surface area contributed by atoms with Crippen LogP contribution in [-0.2, 0) is 16.3 Å². The predicted molar refractivity (Wildman–Crippen MR) is 23.6 cm³/mol. The van der Waals surface area contributed by atoms with E-state index in [1.54, 1.807) is 0 Å². The average Bonchev–Trinajstić information content (AvgIpc) is 2.15. The Bertz CT molecular complexity index is 194. The summed E-state index contributed by atoms with van der Waals surface area (Å²) in [6.45, 7) is 0. The summed E-state index contributed by atoms with van der Waals surface area (Å²) in [7, 11) is 0. The second-order valence-electron chi connectivity index (χ2n) is 1.40. The topological polar surface area (TPSA) is 91.4 Å². The maximum atomic E-state index is 9.84. The van der Waals surface area contributed by atoms with E-state index in [0.717, 1.165) is 0 Å². The molecule has 0 amide bonds. The monoisotopic (exact) mass is 127 g/mol. The van der Waals surface area contributed by atoms with Crippen LogP contribution in [0, 0.1) is 0 Å². The van der Waals surface area contributed by atoms with E-state index in [9.17, 15) is 9.90 Å². The van der Waals surface area contributed by atoms with Gasteiger partial charge in [0.1, 0.15) is 6.42 Å². The van der Waals surface area contributed by atoms with E-state index >= 15 is 0 Å². The first kappa shape index (κ1) is 5.67. The Balaban J connectivity index is 2.58. The average molecular weight is 127 g/mol. The molecule has 1 rings (SSSR count). The van der Waals surface area contributed by atoms with Crippen LogP contribution < -0.4 is 0 Å². The van der Waals surface area contributed by atoms with Crippen LogP contribution >= 0.6 is 0 Å². The number of aromatic nitrogens is 4. The summed E-state index contributed by atoms with van der Waals surface area (Å²) in [5, 5.41) is 21.8. The van der Waals surface area contributed by atoms with Gasteiger partial charge in [0, 0.05) is 0 Å². The normalized spacial score (nSPS) is 9.33. The molecule has 47 valence electrons. The summed E-state index contributed by atoms with van der Waals surface area (Å²) in [6, 6.07) is 0. The third-order valence-corrected chi connectivity index (χ3v) is 0.701. The molecular formula is C3H3N4O2. The number of nitrogens with one attached hydrogen (secondary N) is 1.